The largest absolute Gasteiger partial charge is 0.354 e. The molecule has 2 rings (SSSR count). The molecule has 0 heterocycles. The van der Waals surface area contributed by atoms with Crippen molar-refractivity contribution in [2.45, 2.75) is 46.7 Å². The van der Waals surface area contributed by atoms with Crippen molar-refractivity contribution in [3.05, 3.63) is 63.2 Å². The van der Waals surface area contributed by atoms with Gasteiger partial charge in [-0.2, -0.15) is 0 Å². The Morgan fingerprint density at radius 1 is 1.06 bits per heavy atom. The number of carbonyl (C=O) groups excluding carboxylic acids is 2. The first-order chi connectivity index (χ1) is 15.9. The van der Waals surface area contributed by atoms with Crippen molar-refractivity contribution < 1.29 is 18.0 Å². The molecule has 0 saturated carbocycles. The van der Waals surface area contributed by atoms with Crippen molar-refractivity contribution in [1.82, 2.24) is 10.2 Å². The van der Waals surface area contributed by atoms with Gasteiger partial charge in [-0.3, -0.25) is 13.9 Å². The highest BCUT2D eigenvalue weighted by Gasteiger charge is 2.31. The van der Waals surface area contributed by atoms with Gasteiger partial charge in [-0.1, -0.05) is 45.0 Å². The number of nitrogens with zero attached hydrogens (tertiary/aromatic N) is 2. The molecule has 0 fully saturated rings. The van der Waals surface area contributed by atoms with E-state index in [1.54, 1.807) is 24.3 Å². The van der Waals surface area contributed by atoms with Crippen LogP contribution in [0.1, 0.15) is 38.3 Å². The summed E-state index contributed by atoms with van der Waals surface area (Å²) in [4.78, 5) is 28.2. The van der Waals surface area contributed by atoms with Crippen LogP contribution >= 0.6 is 22.6 Å². The van der Waals surface area contributed by atoms with E-state index in [0.29, 0.717) is 18.7 Å². The molecule has 1 N–H and O–H groups in total. The van der Waals surface area contributed by atoms with Gasteiger partial charge in [-0.25, -0.2) is 8.42 Å². The van der Waals surface area contributed by atoms with Crippen molar-refractivity contribution in [2.24, 2.45) is 5.92 Å². The quantitative estimate of drug-likeness (QED) is 0.397. The Kier molecular flexibility index (Phi) is 10.4. The van der Waals surface area contributed by atoms with E-state index < -0.39 is 22.0 Å². The zero-order valence-corrected chi connectivity index (χ0v) is 23.4. The Hall–Kier alpha value is -2.14. The summed E-state index contributed by atoms with van der Waals surface area (Å²) >= 11 is 2.14. The highest BCUT2D eigenvalue weighted by molar-refractivity contribution is 14.1. The summed E-state index contributed by atoms with van der Waals surface area (Å²) < 4.78 is 27.3. The fourth-order valence-electron chi connectivity index (χ4n) is 3.53. The average molecular weight is 600 g/mol. The van der Waals surface area contributed by atoms with E-state index in [9.17, 15) is 18.0 Å². The summed E-state index contributed by atoms with van der Waals surface area (Å²) in [5, 5.41) is 2.92. The van der Waals surface area contributed by atoms with Gasteiger partial charge in [0.1, 0.15) is 12.6 Å². The van der Waals surface area contributed by atoms with Crippen LogP contribution in [0.15, 0.2) is 48.5 Å². The summed E-state index contributed by atoms with van der Waals surface area (Å²) in [6.07, 6.45) is 1.49. The van der Waals surface area contributed by atoms with E-state index in [-0.39, 0.29) is 24.9 Å². The second-order valence-corrected chi connectivity index (χ2v) is 11.9. The van der Waals surface area contributed by atoms with Crippen LogP contribution in [0, 0.1) is 16.4 Å². The molecule has 186 valence electrons. The lowest BCUT2D eigenvalue weighted by Crippen LogP contribution is -2.52. The van der Waals surface area contributed by atoms with Crippen LogP contribution in [0.2, 0.25) is 0 Å². The number of hydrogen-bond acceptors (Lipinski definition) is 4. The van der Waals surface area contributed by atoms with Crippen LogP contribution in [0.5, 0.6) is 0 Å². The molecule has 0 aliphatic carbocycles. The summed E-state index contributed by atoms with van der Waals surface area (Å²) in [7, 11) is -3.73. The molecule has 2 aromatic rings. The molecule has 9 heteroatoms. The molecule has 0 aliphatic rings. The average Bonchev–Trinajstić information content (AvgIpc) is 2.77. The van der Waals surface area contributed by atoms with Gasteiger partial charge < -0.3 is 10.2 Å². The third-order valence-electron chi connectivity index (χ3n) is 5.47. The molecular weight excluding hydrogens is 565 g/mol. The van der Waals surface area contributed by atoms with E-state index in [4.69, 9.17) is 0 Å². The second kappa shape index (κ2) is 12.5. The lowest BCUT2D eigenvalue weighted by Gasteiger charge is -2.33. The second-order valence-electron chi connectivity index (χ2n) is 8.76. The number of benzene rings is 2. The maximum Gasteiger partial charge on any atom is 0.244 e. The van der Waals surface area contributed by atoms with Crippen molar-refractivity contribution in [1.29, 1.82) is 0 Å². The molecule has 2 amide bonds. The minimum absolute atomic E-state index is 0.212. The van der Waals surface area contributed by atoms with Gasteiger partial charge in [0.2, 0.25) is 21.8 Å². The van der Waals surface area contributed by atoms with E-state index in [1.807, 2.05) is 52.0 Å². The predicted molar refractivity (Wildman–Crippen MR) is 145 cm³/mol. The van der Waals surface area contributed by atoms with E-state index in [2.05, 4.69) is 27.9 Å². The molecule has 7 nitrogen and oxygen atoms in total. The smallest absolute Gasteiger partial charge is 0.244 e. The van der Waals surface area contributed by atoms with Gasteiger partial charge in [0, 0.05) is 16.7 Å². The minimum atomic E-state index is -3.73. The minimum Gasteiger partial charge on any atom is -0.354 e. The zero-order valence-electron chi connectivity index (χ0n) is 20.4. The summed E-state index contributed by atoms with van der Waals surface area (Å²) in [5.74, 6) is -0.402. The van der Waals surface area contributed by atoms with Gasteiger partial charge in [0.25, 0.3) is 0 Å². The fourth-order valence-corrected chi connectivity index (χ4v) is 4.74. The Morgan fingerprint density at radius 2 is 1.68 bits per heavy atom. The van der Waals surface area contributed by atoms with Crippen LogP contribution in [0.3, 0.4) is 0 Å². The van der Waals surface area contributed by atoms with Crippen LogP contribution in [0.4, 0.5) is 5.69 Å². The van der Waals surface area contributed by atoms with Gasteiger partial charge >= 0.3 is 0 Å². The molecule has 0 unspecified atom stereocenters. The Bertz CT molecular complexity index is 1090. The first-order valence-corrected chi connectivity index (χ1v) is 14.2. The molecular formula is C25H34IN3O4S. The van der Waals surface area contributed by atoms with Gasteiger partial charge in [0.05, 0.1) is 11.9 Å². The first-order valence-electron chi connectivity index (χ1n) is 11.3. The molecule has 0 aromatic heterocycles. The molecule has 0 aliphatic heterocycles. The monoisotopic (exact) mass is 599 g/mol. The molecule has 0 radical (unpaired) electrons. The topological polar surface area (TPSA) is 86.8 Å². The van der Waals surface area contributed by atoms with Crippen LogP contribution in [0.25, 0.3) is 0 Å². The molecule has 34 heavy (non-hydrogen) atoms. The van der Waals surface area contributed by atoms with Gasteiger partial charge in [-0.05, 0) is 77.2 Å². The normalized spacial score (nSPS) is 12.3. The zero-order chi connectivity index (χ0) is 25.5. The summed E-state index contributed by atoms with van der Waals surface area (Å²) in [6.45, 7) is 8.13. The van der Waals surface area contributed by atoms with Crippen molar-refractivity contribution in [2.75, 3.05) is 23.7 Å². The third-order valence-corrected chi connectivity index (χ3v) is 7.33. The Balaban J connectivity index is 2.42. The summed E-state index contributed by atoms with van der Waals surface area (Å²) in [5.41, 5.74) is 2.31. The molecule has 0 bridgehead atoms. The number of amides is 2. The standard InChI is InChI=1S/C25H34IN3O4S/c1-6-23(25(31)27-15-18(2)3)28(16-20-10-8-7-9-19(20)4)24(30)17-29(34(5,32)33)22-13-11-21(26)12-14-22/h7-14,18,23H,6,15-17H2,1-5H3,(H,27,31)/t23-/m1/s1. The van der Waals surface area contributed by atoms with Crippen molar-refractivity contribution in [3.8, 4) is 0 Å². The Morgan fingerprint density at radius 3 is 2.21 bits per heavy atom. The SMILES string of the molecule is CC[C@H](C(=O)NCC(C)C)N(Cc1ccccc1C)C(=O)CN(c1ccc(I)cc1)S(C)(=O)=O. The van der Waals surface area contributed by atoms with Crippen molar-refractivity contribution >= 4 is 50.1 Å². The maximum atomic E-state index is 13.6. The fraction of sp³-hybridized carbons (Fsp3) is 0.440. The third kappa shape index (κ3) is 7.97. The number of halogens is 1. The van der Waals surface area contributed by atoms with E-state index >= 15 is 0 Å². The first kappa shape index (κ1) is 28.1. The Labute approximate surface area is 217 Å². The lowest BCUT2D eigenvalue weighted by atomic mass is 10.1. The van der Waals surface area contributed by atoms with Crippen molar-refractivity contribution in [3.63, 3.8) is 0 Å². The van der Waals surface area contributed by atoms with Gasteiger partial charge in [0.15, 0.2) is 0 Å². The number of sulfonamides is 1. The molecule has 0 spiro atoms. The maximum absolute atomic E-state index is 13.6. The van der Waals surface area contributed by atoms with E-state index in [0.717, 1.165) is 25.3 Å². The number of hydrogen-bond donors (Lipinski definition) is 1. The molecule has 0 saturated heterocycles. The number of carbonyl (C=O) groups is 2. The van der Waals surface area contributed by atoms with Crippen LogP contribution in [-0.4, -0.2) is 50.5 Å². The molecule has 2 aromatic carbocycles. The van der Waals surface area contributed by atoms with Crippen LogP contribution in [-0.2, 0) is 26.2 Å². The number of nitrogens with one attached hydrogen (secondary N) is 1. The van der Waals surface area contributed by atoms with Gasteiger partial charge in [-0.15, -0.1) is 0 Å². The van der Waals surface area contributed by atoms with E-state index in [1.165, 1.54) is 4.90 Å². The number of anilines is 1. The van der Waals surface area contributed by atoms with Crippen LogP contribution < -0.4 is 9.62 Å². The highest BCUT2D eigenvalue weighted by Crippen LogP contribution is 2.21. The predicted octanol–water partition coefficient (Wildman–Crippen LogP) is 3.95. The highest BCUT2D eigenvalue weighted by atomic mass is 127. The number of rotatable bonds is 11. The number of aryl methyl sites for hydroxylation is 1. The molecule has 1 atom stereocenters. The lowest BCUT2D eigenvalue weighted by molar-refractivity contribution is -0.140. The summed E-state index contributed by atoms with van der Waals surface area (Å²) in [6, 6.07) is 13.9.